The second-order valence-corrected chi connectivity index (χ2v) is 7.42. The minimum atomic E-state index is -0.486. The molecule has 8 heteroatoms. The lowest BCUT2D eigenvalue weighted by molar-refractivity contribution is -0.126. The number of aromatic nitrogens is 2. The Hall–Kier alpha value is -1.67. The third kappa shape index (κ3) is 4.00. The predicted octanol–water partition coefficient (Wildman–Crippen LogP) is 1.82. The predicted molar refractivity (Wildman–Crippen MR) is 93.0 cm³/mol. The molecule has 2 rings (SSSR count). The van der Waals surface area contributed by atoms with Crippen molar-refractivity contribution >= 4 is 45.0 Å². The van der Waals surface area contributed by atoms with Crippen LogP contribution in [0.1, 0.15) is 20.8 Å². The zero-order chi connectivity index (χ0) is 17.1. The van der Waals surface area contributed by atoms with E-state index in [0.717, 1.165) is 0 Å². The average Bonchev–Trinajstić information content (AvgIpc) is 2.94. The second-order valence-electron chi connectivity index (χ2n) is 5.59. The zero-order valence-corrected chi connectivity index (χ0v) is 15.1. The molecule has 0 spiro atoms. The Kier molecular flexibility index (Phi) is 5.59. The molecule has 0 saturated carbocycles. The second kappa shape index (κ2) is 7.27. The maximum Gasteiger partial charge on any atom is 0.262 e. The smallest absolute Gasteiger partial charge is 0.262 e. The highest BCUT2D eigenvalue weighted by atomic mass is 32.2. The van der Waals surface area contributed by atoms with Gasteiger partial charge in [-0.15, -0.1) is 11.3 Å². The molecule has 1 amide bonds. The Morgan fingerprint density at radius 1 is 1.43 bits per heavy atom. The van der Waals surface area contributed by atoms with Crippen molar-refractivity contribution in [2.24, 2.45) is 13.0 Å². The van der Waals surface area contributed by atoms with Crippen LogP contribution in [0, 0.1) is 5.92 Å². The van der Waals surface area contributed by atoms with Crippen LogP contribution in [0.4, 0.5) is 0 Å². The Labute approximate surface area is 142 Å². The minimum Gasteiger partial charge on any atom is -0.345 e. The quantitative estimate of drug-likeness (QED) is 0.633. The molecule has 0 fully saturated rings. The molecule has 1 unspecified atom stereocenters. The molecule has 6 nitrogen and oxygen atoms in total. The number of nitrogens with one attached hydrogen (secondary N) is 1. The standard InChI is InChI=1S/C15H19N3O3S2/c1-8(2)12(9(3)19)16-11(20)7-23-15-17-13-10(5-6-22-13)14(21)18(15)4/h5-6,8,12H,7H2,1-4H3,(H,16,20). The van der Waals surface area contributed by atoms with Crippen LogP contribution in [0.2, 0.25) is 0 Å². The van der Waals surface area contributed by atoms with Crippen LogP contribution in [0.25, 0.3) is 10.2 Å². The molecule has 0 aliphatic rings. The Morgan fingerprint density at radius 3 is 2.74 bits per heavy atom. The molecular formula is C15H19N3O3S2. The summed E-state index contributed by atoms with van der Waals surface area (Å²) in [6, 6.07) is 1.26. The van der Waals surface area contributed by atoms with Gasteiger partial charge in [0.05, 0.1) is 17.2 Å². The molecule has 23 heavy (non-hydrogen) atoms. The summed E-state index contributed by atoms with van der Waals surface area (Å²) in [6.45, 7) is 5.24. The largest absolute Gasteiger partial charge is 0.345 e. The van der Waals surface area contributed by atoms with E-state index in [-0.39, 0.29) is 28.9 Å². The number of hydrogen-bond donors (Lipinski definition) is 1. The van der Waals surface area contributed by atoms with Crippen LogP contribution in [0.3, 0.4) is 0 Å². The van der Waals surface area contributed by atoms with Gasteiger partial charge in [0.2, 0.25) is 5.91 Å². The maximum absolute atomic E-state index is 12.2. The molecule has 1 N–H and O–H groups in total. The normalized spacial score (nSPS) is 12.6. The number of nitrogens with zero attached hydrogens (tertiary/aromatic N) is 2. The van der Waals surface area contributed by atoms with Gasteiger partial charge in [0.25, 0.3) is 5.56 Å². The fraction of sp³-hybridized carbons (Fsp3) is 0.467. The molecule has 2 heterocycles. The van der Waals surface area contributed by atoms with Crippen molar-refractivity contribution < 1.29 is 9.59 Å². The molecule has 124 valence electrons. The van der Waals surface area contributed by atoms with Crippen molar-refractivity contribution in [2.75, 3.05) is 5.75 Å². The van der Waals surface area contributed by atoms with Gasteiger partial charge in [-0.2, -0.15) is 0 Å². The van der Waals surface area contributed by atoms with Gasteiger partial charge in [0, 0.05) is 7.05 Å². The molecule has 0 saturated heterocycles. The van der Waals surface area contributed by atoms with E-state index in [2.05, 4.69) is 10.3 Å². The maximum atomic E-state index is 12.2. The molecule has 0 radical (unpaired) electrons. The molecule has 0 aromatic carbocycles. The van der Waals surface area contributed by atoms with E-state index in [9.17, 15) is 14.4 Å². The lowest BCUT2D eigenvalue weighted by Gasteiger charge is -2.19. The van der Waals surface area contributed by atoms with Gasteiger partial charge < -0.3 is 5.32 Å². The van der Waals surface area contributed by atoms with E-state index < -0.39 is 6.04 Å². The number of fused-ring (bicyclic) bond motifs is 1. The zero-order valence-electron chi connectivity index (χ0n) is 13.5. The van der Waals surface area contributed by atoms with E-state index in [1.165, 1.54) is 34.6 Å². The molecule has 2 aromatic heterocycles. The van der Waals surface area contributed by atoms with Crippen molar-refractivity contribution in [3.05, 3.63) is 21.8 Å². The molecule has 0 aliphatic carbocycles. The highest BCUT2D eigenvalue weighted by Gasteiger charge is 2.21. The fourth-order valence-electron chi connectivity index (χ4n) is 2.19. The number of Topliss-reactive ketones (excluding diaryl/α,β-unsaturated/α-hetero) is 1. The van der Waals surface area contributed by atoms with Gasteiger partial charge in [-0.1, -0.05) is 25.6 Å². The van der Waals surface area contributed by atoms with Crippen LogP contribution < -0.4 is 10.9 Å². The van der Waals surface area contributed by atoms with Gasteiger partial charge in [-0.3, -0.25) is 19.0 Å². The summed E-state index contributed by atoms with van der Waals surface area (Å²) >= 11 is 2.58. The SMILES string of the molecule is CC(=O)C(NC(=O)CSc1nc2sccc2c(=O)n1C)C(C)C. The lowest BCUT2D eigenvalue weighted by Crippen LogP contribution is -2.44. The van der Waals surface area contributed by atoms with Gasteiger partial charge in [-0.25, -0.2) is 4.98 Å². The van der Waals surface area contributed by atoms with Gasteiger partial charge in [0.15, 0.2) is 10.9 Å². The first-order valence-electron chi connectivity index (χ1n) is 7.18. The Balaban J connectivity index is 2.09. The first-order chi connectivity index (χ1) is 10.8. The van der Waals surface area contributed by atoms with E-state index in [4.69, 9.17) is 0 Å². The van der Waals surface area contributed by atoms with Gasteiger partial charge in [0.1, 0.15) is 4.83 Å². The Bertz CT molecular complexity index is 795. The van der Waals surface area contributed by atoms with Crippen LogP contribution >= 0.6 is 23.1 Å². The summed E-state index contributed by atoms with van der Waals surface area (Å²) in [5, 5.41) is 5.63. The summed E-state index contributed by atoms with van der Waals surface area (Å²) in [5.74, 6) is -0.173. The minimum absolute atomic E-state index is 0.0337. The number of carbonyl (C=O) groups excluding carboxylic acids is 2. The number of amides is 1. The number of hydrogen-bond acceptors (Lipinski definition) is 6. The van der Waals surface area contributed by atoms with Crippen molar-refractivity contribution in [1.29, 1.82) is 0 Å². The first kappa shape index (κ1) is 17.7. The van der Waals surface area contributed by atoms with Crippen molar-refractivity contribution in [3.63, 3.8) is 0 Å². The topological polar surface area (TPSA) is 81.1 Å². The van der Waals surface area contributed by atoms with Crippen LogP contribution in [0.5, 0.6) is 0 Å². The van der Waals surface area contributed by atoms with Gasteiger partial charge >= 0.3 is 0 Å². The number of thioether (sulfide) groups is 1. The van der Waals surface area contributed by atoms with Crippen molar-refractivity contribution in [1.82, 2.24) is 14.9 Å². The summed E-state index contributed by atoms with van der Waals surface area (Å²) in [5.41, 5.74) is -0.122. The number of thiophene rings is 1. The average molecular weight is 353 g/mol. The van der Waals surface area contributed by atoms with E-state index in [1.807, 2.05) is 19.2 Å². The molecule has 0 aliphatic heterocycles. The molecular weight excluding hydrogens is 334 g/mol. The van der Waals surface area contributed by atoms with Crippen LogP contribution in [-0.2, 0) is 16.6 Å². The van der Waals surface area contributed by atoms with E-state index in [0.29, 0.717) is 15.4 Å². The summed E-state index contributed by atoms with van der Waals surface area (Å²) in [4.78, 5) is 40.8. The summed E-state index contributed by atoms with van der Waals surface area (Å²) in [7, 11) is 1.64. The lowest BCUT2D eigenvalue weighted by atomic mass is 10.0. The highest BCUT2D eigenvalue weighted by molar-refractivity contribution is 7.99. The van der Waals surface area contributed by atoms with E-state index in [1.54, 1.807) is 13.1 Å². The van der Waals surface area contributed by atoms with Gasteiger partial charge in [-0.05, 0) is 24.3 Å². The third-order valence-corrected chi connectivity index (χ3v) is 5.25. The van der Waals surface area contributed by atoms with Crippen molar-refractivity contribution in [2.45, 2.75) is 32.0 Å². The highest BCUT2D eigenvalue weighted by Crippen LogP contribution is 2.20. The third-order valence-electron chi connectivity index (χ3n) is 3.42. The Morgan fingerprint density at radius 2 is 2.13 bits per heavy atom. The fourth-order valence-corrected chi connectivity index (χ4v) is 3.78. The molecule has 2 aromatic rings. The monoisotopic (exact) mass is 353 g/mol. The molecule has 0 bridgehead atoms. The number of ketones is 1. The van der Waals surface area contributed by atoms with Crippen LogP contribution in [0.15, 0.2) is 21.4 Å². The summed E-state index contributed by atoms with van der Waals surface area (Å²) in [6.07, 6.45) is 0. The first-order valence-corrected chi connectivity index (χ1v) is 9.04. The molecule has 1 atom stereocenters. The number of carbonyl (C=O) groups is 2. The van der Waals surface area contributed by atoms with Crippen molar-refractivity contribution in [3.8, 4) is 0 Å². The number of rotatable bonds is 6. The summed E-state index contributed by atoms with van der Waals surface area (Å²) < 4.78 is 1.44. The van der Waals surface area contributed by atoms with E-state index >= 15 is 0 Å². The van der Waals surface area contributed by atoms with Crippen LogP contribution in [-0.4, -0.2) is 33.0 Å².